The van der Waals surface area contributed by atoms with Crippen LogP contribution >= 0.6 is 31.9 Å². The number of benzene rings is 11. The Hall–Kier alpha value is -18.0. The van der Waals surface area contributed by atoms with Crippen LogP contribution in [0.3, 0.4) is 0 Å². The zero-order chi connectivity index (χ0) is 94.7. The van der Waals surface area contributed by atoms with Gasteiger partial charge in [0, 0.05) is 142 Å². The van der Waals surface area contributed by atoms with Crippen LogP contribution in [-0.2, 0) is 0 Å². The molecule has 142 heavy (non-hydrogen) atoms. The Kier molecular flexibility index (Phi) is 22.2. The molecular formula is C127H87Br2N13. The maximum absolute atomic E-state index is 5.30. The van der Waals surface area contributed by atoms with Gasteiger partial charge in [-0.1, -0.05) is 309 Å². The molecule has 0 unspecified atom stereocenters. The third-order valence-electron chi connectivity index (χ3n) is 27.0. The molecule has 0 spiro atoms. The Labute approximate surface area is 834 Å². The number of pyridine rings is 4. The molecule has 23 aromatic rings. The van der Waals surface area contributed by atoms with Gasteiger partial charge in [-0.25, -0.2) is 0 Å². The van der Waals surface area contributed by atoms with E-state index in [4.69, 9.17) is 19.9 Å². The fourth-order valence-corrected chi connectivity index (χ4v) is 21.3. The summed E-state index contributed by atoms with van der Waals surface area (Å²) in [7, 11) is 0. The number of aromatic amines is 8. The van der Waals surface area contributed by atoms with E-state index in [2.05, 4.69) is 496 Å². The van der Waals surface area contributed by atoms with Crippen LogP contribution in [0.5, 0.6) is 0 Å². The number of nitrogens with one attached hydrogen (secondary N) is 8. The van der Waals surface area contributed by atoms with Crippen molar-refractivity contribution in [2.24, 2.45) is 0 Å². The molecule has 8 N–H and O–H groups in total. The molecule has 2 aliphatic heterocycles. The number of aryl methyl sites for hydroxylation is 1. The van der Waals surface area contributed by atoms with Gasteiger partial charge in [0.1, 0.15) is 0 Å². The van der Waals surface area contributed by atoms with Gasteiger partial charge in [-0.05, 0) is 228 Å². The summed E-state index contributed by atoms with van der Waals surface area (Å²) in [6.45, 7) is 2.15. The Morgan fingerprint density at radius 3 is 0.662 bits per heavy atom. The molecule has 13 nitrogen and oxygen atoms in total. The van der Waals surface area contributed by atoms with Crippen LogP contribution in [0.2, 0.25) is 0 Å². The smallest absolute Gasteiger partial charge is 0.0744 e. The van der Waals surface area contributed by atoms with E-state index in [9.17, 15) is 0 Å². The second-order valence-electron chi connectivity index (χ2n) is 35.7. The molecule has 2 aliphatic rings. The number of H-pyrrole nitrogens is 8. The maximum atomic E-state index is 5.30. The number of hydrogen-bond donors (Lipinski definition) is 8. The van der Waals surface area contributed by atoms with E-state index < -0.39 is 0 Å². The molecule has 0 aliphatic carbocycles. The average Bonchev–Trinajstić information content (AvgIpc) is 1.58. The van der Waals surface area contributed by atoms with Crippen LogP contribution in [0.1, 0.15) is 85.0 Å². The van der Waals surface area contributed by atoms with Gasteiger partial charge < -0.3 is 44.8 Å². The molecule has 0 radical (unpaired) electrons. The highest BCUT2D eigenvalue weighted by Gasteiger charge is 2.31. The zero-order valence-electron chi connectivity index (χ0n) is 76.9. The molecule has 0 amide bonds. The minimum absolute atomic E-state index is 0.776. The highest BCUT2D eigenvalue weighted by Crippen LogP contribution is 2.44. The predicted octanol–water partition coefficient (Wildman–Crippen LogP) is 24.2. The molecule has 0 fully saturated rings. The van der Waals surface area contributed by atoms with Gasteiger partial charge in [-0.3, -0.25) is 19.9 Å². The molecule has 12 aromatic heterocycles. The largest absolute Gasteiger partial charge is 0.354 e. The van der Waals surface area contributed by atoms with Gasteiger partial charge in [-0.15, -0.1) is 0 Å². The summed E-state index contributed by atoms with van der Waals surface area (Å²) >= 11 is 8.60. The second kappa shape index (κ2) is 36.8. The second-order valence-corrected chi connectivity index (χ2v) is 37.3. The lowest BCUT2D eigenvalue weighted by molar-refractivity contribution is 1.17. The topological polar surface area (TPSA) is 181 Å². The molecule has 674 valence electrons. The first-order valence-corrected chi connectivity index (χ1v) is 49.1. The molecule has 25 rings (SSSR count). The van der Waals surface area contributed by atoms with E-state index in [1.807, 2.05) is 49.1 Å². The summed E-state index contributed by atoms with van der Waals surface area (Å²) < 4.78 is 1.67. The maximum Gasteiger partial charge on any atom is 0.0744 e. The summed E-state index contributed by atoms with van der Waals surface area (Å²) in [5, 5.41) is 6.94. The van der Waals surface area contributed by atoms with Crippen molar-refractivity contribution in [1.29, 1.82) is 0 Å². The van der Waals surface area contributed by atoms with E-state index in [0.29, 0.717) is 0 Å². The molecule has 11 aromatic carbocycles. The van der Waals surface area contributed by atoms with Gasteiger partial charge in [0.15, 0.2) is 0 Å². The molecule has 15 heteroatoms. The highest BCUT2D eigenvalue weighted by molar-refractivity contribution is 9.15. The molecule has 16 bridgehead atoms. The van der Waals surface area contributed by atoms with Crippen LogP contribution in [-0.4, -0.2) is 59.8 Å². The van der Waals surface area contributed by atoms with Crippen LogP contribution < -0.4 is 47.7 Å². The van der Waals surface area contributed by atoms with Gasteiger partial charge in [-0.2, -0.15) is 0 Å². The number of rotatable bonds is 17. The summed E-state index contributed by atoms with van der Waals surface area (Å²) in [6.07, 6.45) is 7.54. The number of aromatic nitrogens is 12. The minimum Gasteiger partial charge on any atom is -0.354 e. The van der Waals surface area contributed by atoms with Crippen LogP contribution in [0.25, 0.3) is 131 Å². The summed E-state index contributed by atoms with van der Waals surface area (Å²) in [6, 6.07) is 156. The Bertz CT molecular complexity index is 8740. The molecule has 0 saturated heterocycles. The lowest BCUT2D eigenvalue weighted by Gasteiger charge is -2.26. The fourth-order valence-electron chi connectivity index (χ4n) is 20.5. The van der Waals surface area contributed by atoms with Crippen molar-refractivity contribution < 1.29 is 0 Å². The lowest BCUT2D eigenvalue weighted by atomic mass is 9.96. The standard InChI is InChI=1S/C127H87Br2N13/c1-78-54-60-89(61-55-78)142(90-62-56-87(57-63-90)112-104-70-92(79-34-10-2-11-35-79)120(134-104)114(100-50-26-30-66-130-100)124-96(83-42-18-6-19-43-83)74-108(138-124)118(128)109-75-97(84-44-20-7-21-45-84)125(139-109)115(101-51-27-31-67-131-101)121-93(71-105(112)135-121)80-36-12-3-13-37-80)91-64-58-88(59-65-91)113-106-72-94(81-38-14-4-15-39-81)122(136-106)116(102-52-28-32-68-132-102)126-98(85-46-22-8-23-47-85)76-110(140-126)119(129)111-77-99(86-48-24-9-25-49-86)127(141-111)117(103-53-29-33-69-133-103)123-95(73-107(113)137-123)82-40-16-5-17-41-82/h2-77,134-141H,1H3. The number of hydrogen-bond acceptors (Lipinski definition) is 5. The molecular weight excluding hydrogens is 1870 g/mol. The van der Waals surface area contributed by atoms with E-state index in [0.717, 1.165) is 276 Å². The van der Waals surface area contributed by atoms with Crippen molar-refractivity contribution in [1.82, 2.24) is 59.8 Å². The van der Waals surface area contributed by atoms with Crippen molar-refractivity contribution in [2.75, 3.05) is 4.90 Å². The van der Waals surface area contributed by atoms with E-state index in [-0.39, 0.29) is 0 Å². The van der Waals surface area contributed by atoms with E-state index in [1.54, 1.807) is 0 Å². The van der Waals surface area contributed by atoms with Crippen molar-refractivity contribution in [3.05, 3.63) is 589 Å². The van der Waals surface area contributed by atoms with Crippen LogP contribution in [0.4, 0.5) is 17.1 Å². The van der Waals surface area contributed by atoms with Gasteiger partial charge in [0.25, 0.3) is 0 Å². The normalized spacial score (nSPS) is 12.5. The number of halogens is 2. The number of nitrogens with zero attached hydrogens (tertiary/aromatic N) is 5. The first kappa shape index (κ1) is 85.6. The fraction of sp³-hybridized carbons (Fsp3) is 0.00787. The Morgan fingerprint density at radius 1 is 0.190 bits per heavy atom. The zero-order valence-corrected chi connectivity index (χ0v) is 80.0. The quantitative estimate of drug-likeness (QED) is 0.0451. The first-order valence-electron chi connectivity index (χ1n) is 47.5. The Morgan fingerprint density at radius 2 is 0.408 bits per heavy atom. The molecule has 0 atom stereocenters. The Balaban J connectivity index is 0.750. The van der Waals surface area contributed by atoms with Gasteiger partial charge in [0.2, 0.25) is 0 Å². The summed E-state index contributed by atoms with van der Waals surface area (Å²) in [5.41, 5.74) is 37.4. The first-order chi connectivity index (χ1) is 70.2. The third kappa shape index (κ3) is 15.8. The molecule has 14 heterocycles. The van der Waals surface area contributed by atoms with Crippen LogP contribution in [0.15, 0.2) is 462 Å². The summed E-state index contributed by atoms with van der Waals surface area (Å²) in [4.78, 5) is 57.0. The van der Waals surface area contributed by atoms with Crippen LogP contribution in [0, 0.1) is 6.92 Å². The monoisotopic (exact) mass is 1950 g/mol. The lowest BCUT2D eigenvalue weighted by Crippen LogP contribution is -2.20. The number of anilines is 3. The molecule has 0 saturated carbocycles. The van der Waals surface area contributed by atoms with Gasteiger partial charge in [0.05, 0.1) is 98.0 Å². The van der Waals surface area contributed by atoms with Crippen molar-refractivity contribution >= 4 is 91.3 Å². The summed E-state index contributed by atoms with van der Waals surface area (Å²) in [5.74, 6) is 0. The van der Waals surface area contributed by atoms with Crippen molar-refractivity contribution in [3.8, 4) is 89.0 Å². The SMILES string of the molecule is Cc1ccc(N(c2ccc(C3=c4cc(-c5ccccc5)c([nH]4)=C(c4ccccn4)c4[nH]c(cc4-c4ccccc4)C(Br)=c4cc(-c5ccccc5)c([nH]4)=C(c4ccccn4)c4[nH]c3cc4-c3ccccc3)cc2)c2ccc(C3=c4cc(-c5ccccc5)c([nH]4)=C(c4ccccn4)c4[nH]c(cc4-c4ccccc4)C(Br)=c4cc(-c5ccccc5)c([nH]4)=C(c4ccccn4)c4[nH]c3cc4-c3ccccc3)cc2)cc1. The van der Waals surface area contributed by atoms with Crippen molar-refractivity contribution in [3.63, 3.8) is 0 Å². The minimum atomic E-state index is 0.776. The predicted molar refractivity (Wildman–Crippen MR) is 582 cm³/mol. The number of fused-ring (bicyclic) bond motifs is 16. The van der Waals surface area contributed by atoms with Crippen molar-refractivity contribution in [2.45, 2.75) is 6.92 Å². The average molecular weight is 1950 g/mol. The van der Waals surface area contributed by atoms with E-state index in [1.165, 1.54) is 0 Å². The third-order valence-corrected chi connectivity index (χ3v) is 28.8. The van der Waals surface area contributed by atoms with Gasteiger partial charge >= 0.3 is 0 Å². The highest BCUT2D eigenvalue weighted by atomic mass is 79.9. The van der Waals surface area contributed by atoms with E-state index >= 15 is 0 Å².